The maximum Gasteiger partial charge on any atom is 0.346 e. The third-order valence-electron chi connectivity index (χ3n) is 2.40. The van der Waals surface area contributed by atoms with Crippen molar-refractivity contribution in [3.8, 4) is 0 Å². The van der Waals surface area contributed by atoms with Crippen molar-refractivity contribution in [3.05, 3.63) is 34.7 Å². The number of aryl methyl sites for hydroxylation is 1. The number of aromatic carboxylic acids is 1. The lowest BCUT2D eigenvalue weighted by Gasteiger charge is -1.97. The van der Waals surface area contributed by atoms with E-state index in [1.807, 2.05) is 24.3 Å². The molecular weight excluding hydrogens is 224 g/mol. The number of carboxylic acids is 1. The molecule has 0 atom stereocenters. The van der Waals surface area contributed by atoms with Crippen molar-refractivity contribution >= 4 is 33.7 Å². The monoisotopic (exact) mass is 234 g/mol. The highest BCUT2D eigenvalue weighted by Crippen LogP contribution is 2.31. The quantitative estimate of drug-likeness (QED) is 0.827. The minimum Gasteiger partial charge on any atom is -0.477 e. The van der Waals surface area contributed by atoms with Gasteiger partial charge < -0.3 is 9.90 Å². The first-order chi connectivity index (χ1) is 7.74. The predicted molar refractivity (Wildman–Crippen MR) is 63.2 cm³/mol. The van der Waals surface area contributed by atoms with Gasteiger partial charge in [0.15, 0.2) is 0 Å². The fraction of sp³-hybridized carbons (Fsp3) is 0.167. The van der Waals surface area contributed by atoms with Crippen LogP contribution in [0.1, 0.15) is 21.7 Å². The number of hydrogen-bond acceptors (Lipinski definition) is 3. The van der Waals surface area contributed by atoms with E-state index in [4.69, 9.17) is 5.11 Å². The van der Waals surface area contributed by atoms with E-state index in [0.717, 1.165) is 21.9 Å². The molecule has 0 saturated carbocycles. The second-order valence-corrected chi connectivity index (χ2v) is 4.47. The van der Waals surface area contributed by atoms with Gasteiger partial charge in [0.2, 0.25) is 0 Å². The molecule has 16 heavy (non-hydrogen) atoms. The number of aldehydes is 1. The zero-order valence-corrected chi connectivity index (χ0v) is 9.29. The van der Waals surface area contributed by atoms with Crippen molar-refractivity contribution in [2.24, 2.45) is 0 Å². The minimum atomic E-state index is -0.915. The van der Waals surface area contributed by atoms with Crippen LogP contribution in [0.15, 0.2) is 24.3 Å². The van der Waals surface area contributed by atoms with Crippen LogP contribution in [-0.2, 0) is 11.2 Å². The van der Waals surface area contributed by atoms with Crippen LogP contribution < -0.4 is 0 Å². The van der Waals surface area contributed by atoms with Crippen LogP contribution in [-0.4, -0.2) is 17.4 Å². The van der Waals surface area contributed by atoms with E-state index in [-0.39, 0.29) is 0 Å². The third kappa shape index (κ3) is 1.84. The first-order valence-corrected chi connectivity index (χ1v) is 5.73. The van der Waals surface area contributed by atoms with Gasteiger partial charge in [0.25, 0.3) is 0 Å². The number of benzene rings is 1. The van der Waals surface area contributed by atoms with Gasteiger partial charge in [-0.3, -0.25) is 0 Å². The molecule has 1 aromatic carbocycles. The van der Waals surface area contributed by atoms with E-state index < -0.39 is 5.97 Å². The Morgan fingerprint density at radius 3 is 2.81 bits per heavy atom. The van der Waals surface area contributed by atoms with Crippen LogP contribution in [0.2, 0.25) is 0 Å². The molecule has 0 fully saturated rings. The molecule has 0 saturated heterocycles. The standard InChI is InChI=1S/C12H10O3S/c13-7-3-5-9-8-4-1-2-6-10(8)16-11(9)12(14)15/h1-2,4,6-7H,3,5H2,(H,14,15). The van der Waals surface area contributed by atoms with Gasteiger partial charge in [0, 0.05) is 11.1 Å². The molecule has 0 unspecified atom stereocenters. The highest BCUT2D eigenvalue weighted by atomic mass is 32.1. The van der Waals surface area contributed by atoms with E-state index in [0.29, 0.717) is 17.7 Å². The molecule has 82 valence electrons. The maximum absolute atomic E-state index is 11.1. The second kappa shape index (κ2) is 4.45. The zero-order valence-electron chi connectivity index (χ0n) is 8.47. The summed E-state index contributed by atoms with van der Waals surface area (Å²) in [5.74, 6) is -0.915. The molecule has 2 aromatic rings. The van der Waals surface area contributed by atoms with Crippen molar-refractivity contribution < 1.29 is 14.7 Å². The molecular formula is C12H10O3S. The third-order valence-corrected chi connectivity index (χ3v) is 3.61. The summed E-state index contributed by atoms with van der Waals surface area (Å²) < 4.78 is 0.959. The van der Waals surface area contributed by atoms with Gasteiger partial charge in [-0.1, -0.05) is 18.2 Å². The number of carbonyl (C=O) groups is 2. The molecule has 1 N–H and O–H groups in total. The Labute approximate surface area is 96.3 Å². The molecule has 0 radical (unpaired) electrons. The van der Waals surface area contributed by atoms with E-state index in [1.165, 1.54) is 11.3 Å². The van der Waals surface area contributed by atoms with Crippen LogP contribution in [0, 0.1) is 0 Å². The lowest BCUT2D eigenvalue weighted by Crippen LogP contribution is -1.98. The summed E-state index contributed by atoms with van der Waals surface area (Å²) in [5.41, 5.74) is 0.778. The van der Waals surface area contributed by atoms with Gasteiger partial charge in [-0.2, -0.15) is 0 Å². The fourth-order valence-electron chi connectivity index (χ4n) is 1.72. The maximum atomic E-state index is 11.1. The Morgan fingerprint density at radius 1 is 1.38 bits per heavy atom. The summed E-state index contributed by atoms with van der Waals surface area (Å²) in [4.78, 5) is 21.8. The molecule has 1 heterocycles. The van der Waals surface area contributed by atoms with E-state index in [2.05, 4.69) is 0 Å². The van der Waals surface area contributed by atoms with Crippen LogP contribution in [0.4, 0.5) is 0 Å². The lowest BCUT2D eigenvalue weighted by atomic mass is 10.1. The second-order valence-electron chi connectivity index (χ2n) is 3.42. The highest BCUT2D eigenvalue weighted by Gasteiger charge is 2.16. The molecule has 0 aliphatic heterocycles. The molecule has 3 nitrogen and oxygen atoms in total. The fourth-order valence-corrected chi connectivity index (χ4v) is 2.81. The van der Waals surface area contributed by atoms with Gasteiger partial charge >= 0.3 is 5.97 Å². The van der Waals surface area contributed by atoms with Crippen molar-refractivity contribution in [1.29, 1.82) is 0 Å². The molecule has 2 rings (SSSR count). The Bertz CT molecular complexity index is 542. The average Bonchev–Trinajstić information content (AvgIpc) is 2.65. The van der Waals surface area contributed by atoms with Crippen molar-refractivity contribution in [3.63, 3.8) is 0 Å². The smallest absolute Gasteiger partial charge is 0.346 e. The molecule has 1 aromatic heterocycles. The Balaban J connectivity index is 2.59. The summed E-state index contributed by atoms with van der Waals surface area (Å²) >= 11 is 1.27. The van der Waals surface area contributed by atoms with Gasteiger partial charge in [-0.25, -0.2) is 4.79 Å². The Hall–Kier alpha value is -1.68. The average molecular weight is 234 g/mol. The Morgan fingerprint density at radius 2 is 2.12 bits per heavy atom. The highest BCUT2D eigenvalue weighted by molar-refractivity contribution is 7.21. The summed E-state index contributed by atoms with van der Waals surface area (Å²) in [6.07, 6.45) is 1.67. The van der Waals surface area contributed by atoms with Crippen molar-refractivity contribution in [2.45, 2.75) is 12.8 Å². The number of thiophene rings is 1. The SMILES string of the molecule is O=CCCc1c(C(=O)O)sc2ccccc12. The van der Waals surface area contributed by atoms with Crippen LogP contribution >= 0.6 is 11.3 Å². The summed E-state index contributed by atoms with van der Waals surface area (Å²) in [6, 6.07) is 7.56. The summed E-state index contributed by atoms with van der Waals surface area (Å²) in [6.45, 7) is 0. The number of carbonyl (C=O) groups excluding carboxylic acids is 1. The Kier molecular flexibility index (Phi) is 3.01. The summed E-state index contributed by atoms with van der Waals surface area (Å²) in [5, 5.41) is 10.0. The number of hydrogen-bond donors (Lipinski definition) is 1. The van der Waals surface area contributed by atoms with Crippen molar-refractivity contribution in [1.82, 2.24) is 0 Å². The molecule has 0 spiro atoms. The van der Waals surface area contributed by atoms with Crippen LogP contribution in [0.3, 0.4) is 0 Å². The molecule has 0 aliphatic carbocycles. The molecule has 0 aliphatic rings. The number of fused-ring (bicyclic) bond motifs is 1. The van der Waals surface area contributed by atoms with Gasteiger partial charge in [-0.05, 0) is 23.4 Å². The molecule has 4 heteroatoms. The van der Waals surface area contributed by atoms with Crippen LogP contribution in [0.5, 0.6) is 0 Å². The summed E-state index contributed by atoms with van der Waals surface area (Å²) in [7, 11) is 0. The number of rotatable bonds is 4. The molecule has 0 amide bonds. The topological polar surface area (TPSA) is 54.4 Å². The van der Waals surface area contributed by atoms with E-state index in [1.54, 1.807) is 0 Å². The minimum absolute atomic E-state index is 0.350. The largest absolute Gasteiger partial charge is 0.477 e. The molecule has 0 bridgehead atoms. The van der Waals surface area contributed by atoms with E-state index in [9.17, 15) is 9.59 Å². The normalized spacial score (nSPS) is 10.5. The van der Waals surface area contributed by atoms with Gasteiger partial charge in [0.1, 0.15) is 11.2 Å². The van der Waals surface area contributed by atoms with Crippen LogP contribution in [0.25, 0.3) is 10.1 Å². The lowest BCUT2D eigenvalue weighted by molar-refractivity contribution is -0.107. The van der Waals surface area contributed by atoms with Gasteiger partial charge in [-0.15, -0.1) is 11.3 Å². The zero-order chi connectivity index (χ0) is 11.5. The van der Waals surface area contributed by atoms with E-state index >= 15 is 0 Å². The first kappa shape index (κ1) is 10.8. The van der Waals surface area contributed by atoms with Gasteiger partial charge in [0.05, 0.1) is 0 Å². The van der Waals surface area contributed by atoms with Crippen molar-refractivity contribution in [2.75, 3.05) is 0 Å². The first-order valence-electron chi connectivity index (χ1n) is 4.91. The predicted octanol–water partition coefficient (Wildman–Crippen LogP) is 2.73. The number of carboxylic acid groups (broad SMARTS) is 1.